The number of piperidine rings is 1. The third-order valence-corrected chi connectivity index (χ3v) is 9.09. The average molecular weight is 459 g/mol. The van der Waals surface area contributed by atoms with Crippen LogP contribution in [0, 0.1) is 5.92 Å². The Morgan fingerprint density at radius 3 is 2.79 bits per heavy atom. The van der Waals surface area contributed by atoms with E-state index in [1.54, 1.807) is 29.3 Å². The summed E-state index contributed by atoms with van der Waals surface area (Å²) in [6.45, 7) is 1.30. The highest BCUT2D eigenvalue weighted by molar-refractivity contribution is 7.98. The predicted octanol–water partition coefficient (Wildman–Crippen LogP) is 3.85. The Kier molecular flexibility index (Phi) is 7.82. The molecule has 0 saturated carbocycles. The van der Waals surface area contributed by atoms with Gasteiger partial charge in [-0.2, -0.15) is 16.1 Å². The van der Waals surface area contributed by atoms with Crippen LogP contribution in [0.1, 0.15) is 18.4 Å². The molecule has 0 radical (unpaired) electrons. The van der Waals surface area contributed by atoms with E-state index in [1.165, 1.54) is 21.2 Å². The predicted molar refractivity (Wildman–Crippen MR) is 116 cm³/mol. The van der Waals surface area contributed by atoms with E-state index in [0.717, 1.165) is 22.9 Å². The summed E-state index contributed by atoms with van der Waals surface area (Å²) >= 11 is 8.83. The SMILES string of the molecule is O=C(NCCSCc1ccc(Cl)cc1)[C@H]1CCCN(S(=O)(=O)c2cccs2)C1. The number of thioether (sulfide) groups is 1. The number of nitrogens with one attached hydrogen (secondary N) is 1. The van der Waals surface area contributed by atoms with Crippen molar-refractivity contribution in [2.45, 2.75) is 22.8 Å². The van der Waals surface area contributed by atoms with Crippen LogP contribution in [-0.4, -0.2) is 44.0 Å². The third-order valence-electron chi connectivity index (χ3n) is 4.57. The second-order valence-electron chi connectivity index (χ2n) is 6.60. The van der Waals surface area contributed by atoms with E-state index < -0.39 is 10.0 Å². The van der Waals surface area contributed by atoms with Gasteiger partial charge in [0.2, 0.25) is 5.91 Å². The van der Waals surface area contributed by atoms with Crippen molar-refractivity contribution in [3.63, 3.8) is 0 Å². The van der Waals surface area contributed by atoms with Gasteiger partial charge in [0.25, 0.3) is 10.0 Å². The molecule has 0 bridgehead atoms. The fourth-order valence-electron chi connectivity index (χ4n) is 3.07. The van der Waals surface area contributed by atoms with Crippen molar-refractivity contribution < 1.29 is 13.2 Å². The molecular weight excluding hydrogens is 436 g/mol. The number of thiophene rings is 1. The molecule has 1 aromatic carbocycles. The summed E-state index contributed by atoms with van der Waals surface area (Å²) in [5, 5.41) is 5.43. The van der Waals surface area contributed by atoms with Crippen molar-refractivity contribution in [3.8, 4) is 0 Å². The van der Waals surface area contributed by atoms with Crippen molar-refractivity contribution in [2.75, 3.05) is 25.4 Å². The van der Waals surface area contributed by atoms with Gasteiger partial charge in [-0.15, -0.1) is 11.3 Å². The van der Waals surface area contributed by atoms with Crippen LogP contribution in [0.15, 0.2) is 46.0 Å². The number of benzene rings is 1. The molecule has 2 heterocycles. The summed E-state index contributed by atoms with van der Waals surface area (Å²) in [6.07, 6.45) is 1.42. The van der Waals surface area contributed by atoms with Gasteiger partial charge in [0.05, 0.1) is 5.92 Å². The molecule has 9 heteroatoms. The fraction of sp³-hybridized carbons (Fsp3) is 0.421. The standard InChI is InChI=1S/C19H23ClN2O3S3/c20-17-7-5-15(6-8-17)14-26-12-9-21-19(23)16-3-1-10-22(13-16)28(24,25)18-4-2-11-27-18/h2,4-8,11,16H,1,3,9-10,12-14H2,(H,21,23)/t16-/m0/s1. The first-order valence-corrected chi connectivity index (χ1v) is 13.0. The lowest BCUT2D eigenvalue weighted by Crippen LogP contribution is -2.45. The quantitative estimate of drug-likeness (QED) is 0.610. The van der Waals surface area contributed by atoms with Crippen molar-refractivity contribution in [3.05, 3.63) is 52.4 Å². The lowest BCUT2D eigenvalue weighted by atomic mass is 9.99. The zero-order valence-corrected chi connectivity index (χ0v) is 18.5. The highest BCUT2D eigenvalue weighted by Gasteiger charge is 2.33. The van der Waals surface area contributed by atoms with E-state index in [2.05, 4.69) is 5.32 Å². The molecule has 1 aromatic heterocycles. The molecule has 1 atom stereocenters. The first-order valence-electron chi connectivity index (χ1n) is 9.10. The van der Waals surface area contributed by atoms with Gasteiger partial charge in [0.1, 0.15) is 4.21 Å². The van der Waals surface area contributed by atoms with E-state index >= 15 is 0 Å². The highest BCUT2D eigenvalue weighted by atomic mass is 35.5. The van der Waals surface area contributed by atoms with Crippen LogP contribution in [0.5, 0.6) is 0 Å². The molecular formula is C19H23ClN2O3S3. The second kappa shape index (κ2) is 10.1. The largest absolute Gasteiger partial charge is 0.355 e. The minimum absolute atomic E-state index is 0.0572. The normalized spacial score (nSPS) is 18.1. The summed E-state index contributed by atoms with van der Waals surface area (Å²) in [5.41, 5.74) is 1.20. The Morgan fingerprint density at radius 1 is 1.29 bits per heavy atom. The molecule has 1 saturated heterocycles. The molecule has 1 fully saturated rings. The number of halogens is 1. The molecule has 1 aliphatic heterocycles. The lowest BCUT2D eigenvalue weighted by Gasteiger charge is -2.30. The number of sulfonamides is 1. The van der Waals surface area contributed by atoms with E-state index in [1.807, 2.05) is 24.3 Å². The zero-order valence-electron chi connectivity index (χ0n) is 15.3. The number of carbonyl (C=O) groups excluding carboxylic acids is 1. The van der Waals surface area contributed by atoms with Crippen LogP contribution in [0.2, 0.25) is 5.02 Å². The summed E-state index contributed by atoms with van der Waals surface area (Å²) in [6, 6.07) is 11.1. The molecule has 1 amide bonds. The molecule has 3 rings (SSSR count). The molecule has 0 spiro atoms. The third kappa shape index (κ3) is 5.73. The maximum atomic E-state index is 12.7. The molecule has 0 aliphatic carbocycles. The number of amides is 1. The molecule has 5 nitrogen and oxygen atoms in total. The lowest BCUT2D eigenvalue weighted by molar-refractivity contribution is -0.125. The van der Waals surface area contributed by atoms with Gasteiger partial charge in [-0.25, -0.2) is 8.42 Å². The van der Waals surface area contributed by atoms with Gasteiger partial charge in [-0.05, 0) is 42.0 Å². The first-order chi connectivity index (χ1) is 13.5. The number of hydrogen-bond acceptors (Lipinski definition) is 5. The average Bonchev–Trinajstić information content (AvgIpc) is 3.25. The Morgan fingerprint density at radius 2 is 2.07 bits per heavy atom. The molecule has 152 valence electrons. The van der Waals surface area contributed by atoms with Crippen LogP contribution < -0.4 is 5.32 Å². The van der Waals surface area contributed by atoms with Crippen LogP contribution in [0.4, 0.5) is 0 Å². The monoisotopic (exact) mass is 458 g/mol. The Labute approximate surface area is 179 Å². The van der Waals surface area contributed by atoms with Crippen LogP contribution in [0.3, 0.4) is 0 Å². The van der Waals surface area contributed by atoms with Gasteiger partial charge >= 0.3 is 0 Å². The van der Waals surface area contributed by atoms with E-state index in [4.69, 9.17) is 11.6 Å². The Hall–Kier alpha value is -1.06. The van der Waals surface area contributed by atoms with Crippen molar-refractivity contribution in [2.24, 2.45) is 5.92 Å². The molecule has 0 unspecified atom stereocenters. The smallest absolute Gasteiger partial charge is 0.252 e. The minimum atomic E-state index is -3.49. The van der Waals surface area contributed by atoms with Crippen LogP contribution >= 0.6 is 34.7 Å². The van der Waals surface area contributed by atoms with Gasteiger partial charge in [0.15, 0.2) is 0 Å². The number of hydrogen-bond donors (Lipinski definition) is 1. The molecule has 2 aromatic rings. The maximum Gasteiger partial charge on any atom is 0.252 e. The fourth-order valence-corrected chi connectivity index (χ4v) is 6.69. The van der Waals surface area contributed by atoms with E-state index in [9.17, 15) is 13.2 Å². The summed E-state index contributed by atoms with van der Waals surface area (Å²) < 4.78 is 27.1. The topological polar surface area (TPSA) is 66.5 Å². The zero-order chi connectivity index (χ0) is 20.0. The van der Waals surface area contributed by atoms with Crippen molar-refractivity contribution in [1.82, 2.24) is 9.62 Å². The Bertz CT molecular complexity index is 870. The second-order valence-corrected chi connectivity index (χ2v) is 11.3. The highest BCUT2D eigenvalue weighted by Crippen LogP contribution is 2.26. The van der Waals surface area contributed by atoms with Crippen molar-refractivity contribution >= 4 is 50.6 Å². The van der Waals surface area contributed by atoms with E-state index in [-0.39, 0.29) is 18.4 Å². The van der Waals surface area contributed by atoms with Gasteiger partial charge in [-0.1, -0.05) is 29.8 Å². The van der Waals surface area contributed by atoms with Gasteiger partial charge in [-0.3, -0.25) is 4.79 Å². The first kappa shape index (κ1) is 21.6. The van der Waals surface area contributed by atoms with Crippen LogP contribution in [-0.2, 0) is 20.6 Å². The summed E-state index contributed by atoms with van der Waals surface area (Å²) in [4.78, 5) is 12.5. The molecule has 1 N–H and O–H groups in total. The van der Waals surface area contributed by atoms with Gasteiger partial charge in [0, 0.05) is 36.2 Å². The maximum absolute atomic E-state index is 12.7. The number of carbonyl (C=O) groups is 1. The summed E-state index contributed by atoms with van der Waals surface area (Å²) in [7, 11) is -3.49. The molecule has 1 aliphatic rings. The Balaban J connectivity index is 1.42. The van der Waals surface area contributed by atoms with Gasteiger partial charge < -0.3 is 5.32 Å². The van der Waals surface area contributed by atoms with Crippen LogP contribution in [0.25, 0.3) is 0 Å². The van der Waals surface area contributed by atoms with E-state index in [0.29, 0.717) is 23.7 Å². The summed E-state index contributed by atoms with van der Waals surface area (Å²) in [5.74, 6) is 1.32. The number of rotatable bonds is 8. The minimum Gasteiger partial charge on any atom is -0.355 e. The molecule has 28 heavy (non-hydrogen) atoms. The number of nitrogens with zero attached hydrogens (tertiary/aromatic N) is 1. The van der Waals surface area contributed by atoms with Crippen molar-refractivity contribution in [1.29, 1.82) is 0 Å².